The quantitative estimate of drug-likeness (QED) is 0.829. The number of nitrogens with zero attached hydrogens (tertiary/aromatic N) is 1. The Morgan fingerprint density at radius 3 is 2.68 bits per heavy atom. The number of nitrogens with one attached hydrogen (secondary N) is 1. The van der Waals surface area contributed by atoms with E-state index in [0.29, 0.717) is 13.1 Å². The van der Waals surface area contributed by atoms with E-state index in [-0.39, 0.29) is 36.7 Å². The summed E-state index contributed by atoms with van der Waals surface area (Å²) in [6.07, 6.45) is 0.304. The number of aryl methyl sites for hydroxylation is 1. The third-order valence-electron chi connectivity index (χ3n) is 5.01. The molecule has 1 N–H and O–H groups in total. The van der Waals surface area contributed by atoms with Gasteiger partial charge >= 0.3 is 0 Å². The fraction of sp³-hybridized carbons (Fsp3) is 0.391. The first-order valence-electron chi connectivity index (χ1n) is 9.83. The van der Waals surface area contributed by atoms with E-state index in [9.17, 15) is 9.59 Å². The molecule has 0 aliphatic carbocycles. The van der Waals surface area contributed by atoms with Crippen LogP contribution in [0.1, 0.15) is 43.7 Å². The second kappa shape index (κ2) is 8.91. The molecule has 5 nitrogen and oxygen atoms in total. The van der Waals surface area contributed by atoms with Crippen LogP contribution >= 0.6 is 0 Å². The molecule has 0 saturated carbocycles. The number of anilines is 1. The summed E-state index contributed by atoms with van der Waals surface area (Å²) in [7, 11) is 0. The van der Waals surface area contributed by atoms with Crippen LogP contribution in [0.15, 0.2) is 48.5 Å². The maximum atomic E-state index is 12.8. The van der Waals surface area contributed by atoms with E-state index in [2.05, 4.69) is 24.4 Å². The molecule has 1 aliphatic rings. The average Bonchev–Trinajstić information content (AvgIpc) is 2.70. The highest BCUT2D eigenvalue weighted by molar-refractivity contribution is 5.97. The molecule has 0 saturated heterocycles. The molecule has 5 heteroatoms. The summed E-state index contributed by atoms with van der Waals surface area (Å²) in [5.74, 6) is 0.810. The minimum atomic E-state index is -0.0955. The molecule has 2 aromatic carbocycles. The number of hydrogen-bond acceptors (Lipinski definition) is 3. The van der Waals surface area contributed by atoms with E-state index in [4.69, 9.17) is 4.74 Å². The molecule has 0 unspecified atom stereocenters. The van der Waals surface area contributed by atoms with Crippen molar-refractivity contribution in [1.29, 1.82) is 0 Å². The molecule has 0 radical (unpaired) electrons. The van der Waals surface area contributed by atoms with Crippen molar-refractivity contribution in [2.24, 2.45) is 0 Å². The number of fused-ring (bicyclic) bond motifs is 1. The van der Waals surface area contributed by atoms with E-state index >= 15 is 0 Å². The van der Waals surface area contributed by atoms with Gasteiger partial charge in [0.1, 0.15) is 11.9 Å². The topological polar surface area (TPSA) is 58.6 Å². The van der Waals surface area contributed by atoms with Crippen molar-refractivity contribution in [2.75, 3.05) is 18.0 Å². The monoisotopic (exact) mass is 380 g/mol. The zero-order chi connectivity index (χ0) is 20.1. The molecular weight excluding hydrogens is 352 g/mol. The first-order valence-corrected chi connectivity index (χ1v) is 9.83. The Labute approximate surface area is 166 Å². The van der Waals surface area contributed by atoms with Crippen molar-refractivity contribution in [2.45, 2.75) is 45.6 Å². The molecule has 0 spiro atoms. The van der Waals surface area contributed by atoms with Crippen LogP contribution in [0.5, 0.6) is 5.75 Å². The third-order valence-corrected chi connectivity index (χ3v) is 5.01. The van der Waals surface area contributed by atoms with Gasteiger partial charge in [0.25, 0.3) is 0 Å². The summed E-state index contributed by atoms with van der Waals surface area (Å²) in [5.41, 5.74) is 3.05. The molecular formula is C23H28N2O3. The molecule has 2 amide bonds. The van der Waals surface area contributed by atoms with Gasteiger partial charge in [-0.05, 0) is 43.0 Å². The van der Waals surface area contributed by atoms with Crippen LogP contribution in [-0.2, 0) is 9.59 Å². The Morgan fingerprint density at radius 1 is 1.18 bits per heavy atom. The van der Waals surface area contributed by atoms with Gasteiger partial charge in [-0.1, -0.05) is 43.3 Å². The summed E-state index contributed by atoms with van der Waals surface area (Å²) in [6, 6.07) is 15.9. The molecule has 2 atom stereocenters. The summed E-state index contributed by atoms with van der Waals surface area (Å²) in [4.78, 5) is 26.7. The fourth-order valence-electron chi connectivity index (χ4n) is 3.39. The third kappa shape index (κ3) is 4.91. The van der Waals surface area contributed by atoms with Crippen molar-refractivity contribution in [1.82, 2.24) is 5.32 Å². The molecule has 1 aliphatic heterocycles. The van der Waals surface area contributed by atoms with Gasteiger partial charge in [0.15, 0.2) is 0 Å². The van der Waals surface area contributed by atoms with Crippen molar-refractivity contribution >= 4 is 17.5 Å². The number of benzene rings is 2. The Morgan fingerprint density at radius 2 is 1.93 bits per heavy atom. The highest BCUT2D eigenvalue weighted by Gasteiger charge is 2.27. The van der Waals surface area contributed by atoms with Gasteiger partial charge in [-0.3, -0.25) is 9.59 Å². The number of hydrogen-bond donors (Lipinski definition) is 1. The van der Waals surface area contributed by atoms with Gasteiger partial charge in [0.2, 0.25) is 11.8 Å². The number of amides is 2. The normalized spacial score (nSPS) is 16.7. The van der Waals surface area contributed by atoms with E-state index in [0.717, 1.165) is 17.0 Å². The Hall–Kier alpha value is -2.82. The molecule has 0 aromatic heterocycles. The lowest BCUT2D eigenvalue weighted by Gasteiger charge is -2.33. The lowest BCUT2D eigenvalue weighted by Crippen LogP contribution is -2.42. The molecule has 0 fully saturated rings. The minimum absolute atomic E-state index is 0.0479. The summed E-state index contributed by atoms with van der Waals surface area (Å²) >= 11 is 0. The second-order valence-corrected chi connectivity index (χ2v) is 7.52. The van der Waals surface area contributed by atoms with Gasteiger partial charge < -0.3 is 15.0 Å². The summed E-state index contributed by atoms with van der Waals surface area (Å²) in [6.45, 7) is 7.08. The highest BCUT2D eigenvalue weighted by atomic mass is 16.5. The number of rotatable bonds is 6. The lowest BCUT2D eigenvalue weighted by molar-refractivity contribution is -0.125. The molecule has 3 rings (SSSR count). The van der Waals surface area contributed by atoms with Gasteiger partial charge in [-0.15, -0.1) is 0 Å². The minimum Gasteiger partial charge on any atom is -0.487 e. The van der Waals surface area contributed by atoms with Crippen molar-refractivity contribution in [3.8, 4) is 5.75 Å². The van der Waals surface area contributed by atoms with Crippen LogP contribution in [0.2, 0.25) is 0 Å². The van der Waals surface area contributed by atoms with Gasteiger partial charge in [0.05, 0.1) is 12.2 Å². The molecule has 1 heterocycles. The van der Waals surface area contributed by atoms with E-state index in [1.54, 1.807) is 4.90 Å². The van der Waals surface area contributed by atoms with Crippen molar-refractivity contribution in [3.05, 3.63) is 59.7 Å². The Balaban J connectivity index is 1.53. The lowest BCUT2D eigenvalue weighted by atomic mass is 10.0. The smallest absolute Gasteiger partial charge is 0.227 e. The largest absolute Gasteiger partial charge is 0.487 e. The Kier molecular flexibility index (Phi) is 6.34. The standard InChI is InChI=1S/C23H28N2O3/c1-16-9-10-21-20(13-16)25(15-18(3)28-21)23(27)12-11-22(26)24-14-17(2)19-7-5-4-6-8-19/h4-10,13,17-18H,11-12,14-15H2,1-3H3,(H,24,26)/t17-,18+/m1/s1. The first kappa shape index (κ1) is 19.9. The van der Waals surface area contributed by atoms with Crippen LogP contribution in [-0.4, -0.2) is 31.0 Å². The number of ether oxygens (including phenoxy) is 1. The van der Waals surface area contributed by atoms with Crippen LogP contribution in [0.25, 0.3) is 0 Å². The number of carbonyl (C=O) groups excluding carboxylic acids is 2. The van der Waals surface area contributed by atoms with E-state index in [1.165, 1.54) is 5.56 Å². The molecule has 0 bridgehead atoms. The van der Waals surface area contributed by atoms with Crippen LogP contribution < -0.4 is 15.0 Å². The SMILES string of the molecule is Cc1ccc2c(c1)N(C(=O)CCC(=O)NC[C@@H](C)c1ccccc1)C[C@H](C)O2. The van der Waals surface area contributed by atoms with Crippen LogP contribution in [0, 0.1) is 6.92 Å². The molecule has 28 heavy (non-hydrogen) atoms. The first-order chi connectivity index (χ1) is 13.4. The summed E-state index contributed by atoms with van der Waals surface area (Å²) < 4.78 is 5.83. The van der Waals surface area contributed by atoms with Gasteiger partial charge in [0, 0.05) is 19.4 Å². The predicted molar refractivity (Wildman–Crippen MR) is 111 cm³/mol. The fourth-order valence-corrected chi connectivity index (χ4v) is 3.39. The van der Waals surface area contributed by atoms with Gasteiger partial charge in [-0.25, -0.2) is 0 Å². The van der Waals surface area contributed by atoms with Crippen molar-refractivity contribution in [3.63, 3.8) is 0 Å². The average molecular weight is 380 g/mol. The van der Waals surface area contributed by atoms with E-state index < -0.39 is 0 Å². The van der Waals surface area contributed by atoms with Crippen LogP contribution in [0.4, 0.5) is 5.69 Å². The maximum Gasteiger partial charge on any atom is 0.227 e. The molecule has 148 valence electrons. The molecule has 2 aromatic rings. The summed E-state index contributed by atoms with van der Waals surface area (Å²) in [5, 5.41) is 2.94. The Bertz CT molecular complexity index is 835. The zero-order valence-corrected chi connectivity index (χ0v) is 16.8. The zero-order valence-electron chi connectivity index (χ0n) is 16.8. The maximum absolute atomic E-state index is 12.8. The van der Waals surface area contributed by atoms with E-state index in [1.807, 2.05) is 50.2 Å². The highest BCUT2D eigenvalue weighted by Crippen LogP contribution is 2.34. The van der Waals surface area contributed by atoms with Crippen molar-refractivity contribution < 1.29 is 14.3 Å². The second-order valence-electron chi connectivity index (χ2n) is 7.52. The van der Waals surface area contributed by atoms with Crippen LogP contribution in [0.3, 0.4) is 0 Å². The predicted octanol–water partition coefficient (Wildman–Crippen LogP) is 3.81. The van der Waals surface area contributed by atoms with Gasteiger partial charge in [-0.2, -0.15) is 0 Å². The number of carbonyl (C=O) groups is 2.